The molecule has 0 aromatic carbocycles. The number of alkyl halides is 3. The summed E-state index contributed by atoms with van der Waals surface area (Å²) in [6.45, 7) is 1.74. The summed E-state index contributed by atoms with van der Waals surface area (Å²) in [5.74, 6) is 0.0524. The number of H-pyrrole nitrogens is 1. The highest BCUT2D eigenvalue weighted by atomic mass is 19.4. The Kier molecular flexibility index (Phi) is 3.59. The van der Waals surface area contributed by atoms with Crippen LogP contribution in [0.1, 0.15) is 11.4 Å². The summed E-state index contributed by atoms with van der Waals surface area (Å²) in [6, 6.07) is 4.07. The van der Waals surface area contributed by atoms with Crippen LogP contribution in [0, 0.1) is 6.92 Å². The molecule has 0 bridgehead atoms. The largest absolute Gasteiger partial charge is 0.433 e. The molecule has 0 unspecified atom stereocenters. The Bertz CT molecular complexity index is 623. The molecule has 2 aromatic rings. The number of anilines is 2. The lowest BCUT2D eigenvalue weighted by molar-refractivity contribution is -0.141. The van der Waals surface area contributed by atoms with Crippen LogP contribution in [-0.4, -0.2) is 21.2 Å². The lowest BCUT2D eigenvalue weighted by Gasteiger charge is -2.08. The van der Waals surface area contributed by atoms with Gasteiger partial charge in [0.25, 0.3) is 0 Å². The number of carbonyl (C=O) groups excluding carboxylic acids is 1. The molecule has 0 radical (unpaired) electrons. The van der Waals surface area contributed by atoms with Gasteiger partial charge in [-0.1, -0.05) is 6.07 Å². The second-order valence-electron chi connectivity index (χ2n) is 3.92. The van der Waals surface area contributed by atoms with E-state index in [4.69, 9.17) is 0 Å². The van der Waals surface area contributed by atoms with Crippen LogP contribution < -0.4 is 10.6 Å². The van der Waals surface area contributed by atoms with Gasteiger partial charge >= 0.3 is 12.2 Å². The van der Waals surface area contributed by atoms with E-state index in [9.17, 15) is 18.0 Å². The van der Waals surface area contributed by atoms with Crippen LogP contribution in [0.2, 0.25) is 0 Å². The van der Waals surface area contributed by atoms with Crippen molar-refractivity contribution in [1.82, 2.24) is 15.2 Å². The van der Waals surface area contributed by atoms with Crippen molar-refractivity contribution >= 4 is 17.7 Å². The number of aromatic amines is 1. The van der Waals surface area contributed by atoms with E-state index in [0.717, 1.165) is 17.8 Å². The number of carbonyl (C=O) groups is 1. The molecule has 20 heavy (non-hydrogen) atoms. The molecule has 0 atom stereocenters. The van der Waals surface area contributed by atoms with Gasteiger partial charge in [0.15, 0.2) is 5.82 Å². The van der Waals surface area contributed by atoms with Crippen LogP contribution in [-0.2, 0) is 6.18 Å². The minimum Gasteiger partial charge on any atom is -0.292 e. The number of nitrogens with one attached hydrogen (secondary N) is 3. The molecule has 106 valence electrons. The number of hydrogen-bond acceptors (Lipinski definition) is 3. The van der Waals surface area contributed by atoms with Gasteiger partial charge in [0.2, 0.25) is 0 Å². The van der Waals surface area contributed by atoms with Gasteiger partial charge in [0.1, 0.15) is 11.5 Å². The Morgan fingerprint density at radius 2 is 1.95 bits per heavy atom. The minimum absolute atomic E-state index is 0.204. The molecule has 6 nitrogen and oxygen atoms in total. The van der Waals surface area contributed by atoms with Gasteiger partial charge in [-0.05, 0) is 19.1 Å². The number of urea groups is 1. The second-order valence-corrected chi connectivity index (χ2v) is 3.92. The van der Waals surface area contributed by atoms with Gasteiger partial charge < -0.3 is 0 Å². The zero-order chi connectivity index (χ0) is 14.8. The van der Waals surface area contributed by atoms with E-state index >= 15 is 0 Å². The molecule has 2 amide bonds. The molecule has 3 N–H and O–H groups in total. The standard InChI is InChI=1S/C11H10F3N5O/c1-6-5-9(19-18-6)17-10(20)16-8-4-2-3-7(15-8)11(12,13)14/h2-5H,1H3,(H3,15,16,17,18,19,20). The molecule has 0 saturated heterocycles. The van der Waals surface area contributed by atoms with Gasteiger partial charge in [0, 0.05) is 11.8 Å². The van der Waals surface area contributed by atoms with E-state index in [0.29, 0.717) is 0 Å². The number of nitrogens with zero attached hydrogens (tertiary/aromatic N) is 2. The third kappa shape index (κ3) is 3.46. The first-order valence-electron chi connectivity index (χ1n) is 5.49. The fourth-order valence-corrected chi connectivity index (χ4v) is 1.41. The first-order chi connectivity index (χ1) is 9.34. The topological polar surface area (TPSA) is 82.7 Å². The number of amides is 2. The van der Waals surface area contributed by atoms with E-state index in [-0.39, 0.29) is 11.6 Å². The normalized spacial score (nSPS) is 11.2. The average Bonchev–Trinajstić information content (AvgIpc) is 2.73. The molecule has 0 saturated carbocycles. The molecule has 0 spiro atoms. The maximum absolute atomic E-state index is 12.4. The van der Waals surface area contributed by atoms with Crippen molar-refractivity contribution in [3.05, 3.63) is 35.7 Å². The Balaban J connectivity index is 2.04. The summed E-state index contributed by atoms with van der Waals surface area (Å²) in [4.78, 5) is 14.9. The fraction of sp³-hybridized carbons (Fsp3) is 0.182. The fourth-order valence-electron chi connectivity index (χ4n) is 1.41. The van der Waals surface area contributed by atoms with E-state index in [1.807, 2.05) is 0 Å². The van der Waals surface area contributed by atoms with Gasteiger partial charge in [0.05, 0.1) is 0 Å². The van der Waals surface area contributed by atoms with E-state index in [2.05, 4.69) is 25.8 Å². The van der Waals surface area contributed by atoms with Crippen molar-refractivity contribution in [3.63, 3.8) is 0 Å². The highest BCUT2D eigenvalue weighted by Gasteiger charge is 2.32. The summed E-state index contributed by atoms with van der Waals surface area (Å²) in [7, 11) is 0. The summed E-state index contributed by atoms with van der Waals surface area (Å²) in [5.41, 5.74) is -0.344. The number of aryl methyl sites for hydroxylation is 1. The first-order valence-corrected chi connectivity index (χ1v) is 5.49. The van der Waals surface area contributed by atoms with E-state index < -0.39 is 17.9 Å². The monoisotopic (exact) mass is 285 g/mol. The average molecular weight is 285 g/mol. The van der Waals surface area contributed by atoms with Crippen molar-refractivity contribution < 1.29 is 18.0 Å². The Hall–Kier alpha value is -2.58. The van der Waals surface area contributed by atoms with Crippen LogP contribution >= 0.6 is 0 Å². The number of aromatic nitrogens is 3. The smallest absolute Gasteiger partial charge is 0.292 e. The van der Waals surface area contributed by atoms with E-state index in [1.54, 1.807) is 13.0 Å². The van der Waals surface area contributed by atoms with Gasteiger partial charge in [-0.3, -0.25) is 15.7 Å². The Morgan fingerprint density at radius 3 is 2.55 bits per heavy atom. The van der Waals surface area contributed by atoms with Gasteiger partial charge in [-0.25, -0.2) is 9.78 Å². The Labute approximate surface area is 111 Å². The lowest BCUT2D eigenvalue weighted by Crippen LogP contribution is -2.21. The third-order valence-electron chi connectivity index (χ3n) is 2.23. The van der Waals surface area contributed by atoms with Crippen molar-refractivity contribution in [2.24, 2.45) is 0 Å². The molecular formula is C11H10F3N5O. The number of rotatable bonds is 2. The van der Waals surface area contributed by atoms with Crippen LogP contribution in [0.4, 0.5) is 29.6 Å². The molecule has 0 fully saturated rings. The highest BCUT2D eigenvalue weighted by Crippen LogP contribution is 2.28. The van der Waals surface area contributed by atoms with Crippen LogP contribution in [0.3, 0.4) is 0 Å². The molecule has 0 aliphatic heterocycles. The number of hydrogen-bond donors (Lipinski definition) is 3. The molecule has 0 aliphatic carbocycles. The van der Waals surface area contributed by atoms with Crippen LogP contribution in [0.25, 0.3) is 0 Å². The second kappa shape index (κ2) is 5.19. The number of halogens is 3. The Morgan fingerprint density at radius 1 is 1.25 bits per heavy atom. The summed E-state index contributed by atoms with van der Waals surface area (Å²) in [5, 5.41) is 10.9. The molecule has 0 aliphatic rings. The maximum Gasteiger partial charge on any atom is 0.433 e. The SMILES string of the molecule is Cc1cc(NC(=O)Nc2cccc(C(F)(F)F)n2)n[nH]1. The van der Waals surface area contributed by atoms with Crippen LogP contribution in [0.5, 0.6) is 0 Å². The first kappa shape index (κ1) is 13.8. The lowest BCUT2D eigenvalue weighted by atomic mass is 10.3. The molecule has 2 aromatic heterocycles. The quantitative estimate of drug-likeness (QED) is 0.793. The third-order valence-corrected chi connectivity index (χ3v) is 2.23. The zero-order valence-corrected chi connectivity index (χ0v) is 10.2. The van der Waals surface area contributed by atoms with Crippen molar-refractivity contribution in [1.29, 1.82) is 0 Å². The minimum atomic E-state index is -4.56. The number of pyridine rings is 1. The predicted molar refractivity (Wildman–Crippen MR) is 65.2 cm³/mol. The van der Waals surface area contributed by atoms with Gasteiger partial charge in [-0.2, -0.15) is 18.3 Å². The maximum atomic E-state index is 12.4. The summed E-state index contributed by atoms with van der Waals surface area (Å²) in [6.07, 6.45) is -4.56. The summed E-state index contributed by atoms with van der Waals surface area (Å²) >= 11 is 0. The van der Waals surface area contributed by atoms with Crippen molar-refractivity contribution in [2.75, 3.05) is 10.6 Å². The highest BCUT2D eigenvalue weighted by molar-refractivity contribution is 5.98. The van der Waals surface area contributed by atoms with Crippen molar-refractivity contribution in [3.8, 4) is 0 Å². The zero-order valence-electron chi connectivity index (χ0n) is 10.2. The molecule has 9 heteroatoms. The molecular weight excluding hydrogens is 275 g/mol. The van der Waals surface area contributed by atoms with Gasteiger partial charge in [-0.15, -0.1) is 0 Å². The molecule has 2 heterocycles. The summed E-state index contributed by atoms with van der Waals surface area (Å²) < 4.78 is 37.3. The van der Waals surface area contributed by atoms with Crippen LogP contribution in [0.15, 0.2) is 24.3 Å². The van der Waals surface area contributed by atoms with E-state index in [1.165, 1.54) is 6.07 Å². The predicted octanol–water partition coefficient (Wildman–Crippen LogP) is 2.78. The van der Waals surface area contributed by atoms with Crippen molar-refractivity contribution in [2.45, 2.75) is 13.1 Å². The molecule has 2 rings (SSSR count).